The lowest BCUT2D eigenvalue weighted by Gasteiger charge is -2.07. The van der Waals surface area contributed by atoms with Crippen LogP contribution >= 0.6 is 0 Å². The van der Waals surface area contributed by atoms with Crippen molar-refractivity contribution in [3.63, 3.8) is 0 Å². The van der Waals surface area contributed by atoms with Gasteiger partial charge in [0.15, 0.2) is 0 Å². The van der Waals surface area contributed by atoms with Crippen molar-refractivity contribution in [2.45, 2.75) is 6.54 Å². The highest BCUT2D eigenvalue weighted by Gasteiger charge is 2.08. The van der Waals surface area contributed by atoms with Crippen molar-refractivity contribution in [3.8, 4) is 0 Å². The molecule has 3 N–H and O–H groups in total. The van der Waals surface area contributed by atoms with Crippen molar-refractivity contribution >= 4 is 17.1 Å². The molecular weight excluding hydrogens is 232 g/mol. The number of aromatic nitrogens is 1. The lowest BCUT2D eigenvalue weighted by atomic mass is 10.2. The van der Waals surface area contributed by atoms with E-state index in [4.69, 9.17) is 5.73 Å². The minimum Gasteiger partial charge on any atom is -0.398 e. The van der Waals surface area contributed by atoms with Gasteiger partial charge in [-0.3, -0.25) is 15.1 Å². The number of pyridine rings is 1. The number of hydrogen-bond donors (Lipinski definition) is 2. The number of nitrogens with two attached hydrogens (primary N) is 1. The summed E-state index contributed by atoms with van der Waals surface area (Å²) >= 11 is 0. The van der Waals surface area contributed by atoms with Gasteiger partial charge in [0, 0.05) is 42.4 Å². The summed E-state index contributed by atoms with van der Waals surface area (Å²) in [5.74, 6) is 0. The van der Waals surface area contributed by atoms with Gasteiger partial charge in [0.05, 0.1) is 4.92 Å². The fourth-order valence-electron chi connectivity index (χ4n) is 1.55. The van der Waals surface area contributed by atoms with E-state index in [-0.39, 0.29) is 5.69 Å². The number of rotatable bonds is 4. The van der Waals surface area contributed by atoms with Crippen LogP contribution in [0.4, 0.5) is 17.1 Å². The van der Waals surface area contributed by atoms with E-state index in [1.807, 2.05) is 12.1 Å². The van der Waals surface area contributed by atoms with Crippen LogP contribution in [0.1, 0.15) is 5.56 Å². The predicted octanol–water partition coefficient (Wildman–Crippen LogP) is 2.18. The minimum atomic E-state index is -0.467. The van der Waals surface area contributed by atoms with E-state index >= 15 is 0 Å². The maximum Gasteiger partial charge on any atom is 0.273 e. The fourth-order valence-corrected chi connectivity index (χ4v) is 1.55. The molecule has 92 valence electrons. The van der Waals surface area contributed by atoms with E-state index in [1.54, 1.807) is 18.5 Å². The Morgan fingerprint density at radius 3 is 2.89 bits per heavy atom. The molecule has 6 nitrogen and oxygen atoms in total. The standard InChI is InChI=1S/C12H12N4O2/c13-10-4-11(6-12(5-10)16(17)18)15-8-9-2-1-3-14-7-9/h1-7,15H,8,13H2. The molecule has 0 unspecified atom stereocenters. The first kappa shape index (κ1) is 11.8. The molecule has 0 saturated heterocycles. The largest absolute Gasteiger partial charge is 0.398 e. The maximum atomic E-state index is 10.7. The van der Waals surface area contributed by atoms with Crippen molar-refractivity contribution in [3.05, 3.63) is 58.4 Å². The van der Waals surface area contributed by atoms with Crippen LogP contribution in [0.5, 0.6) is 0 Å². The first-order chi connectivity index (χ1) is 8.65. The van der Waals surface area contributed by atoms with E-state index in [0.29, 0.717) is 17.9 Å². The van der Waals surface area contributed by atoms with Crippen LogP contribution in [-0.4, -0.2) is 9.91 Å². The van der Waals surface area contributed by atoms with Gasteiger partial charge in [0.1, 0.15) is 0 Å². The fraction of sp³-hybridized carbons (Fsp3) is 0.0833. The summed E-state index contributed by atoms with van der Waals surface area (Å²) in [7, 11) is 0. The van der Waals surface area contributed by atoms with E-state index < -0.39 is 4.92 Å². The summed E-state index contributed by atoms with van der Waals surface area (Å²) in [5, 5.41) is 13.8. The van der Waals surface area contributed by atoms with Gasteiger partial charge in [-0.1, -0.05) is 6.07 Å². The SMILES string of the molecule is Nc1cc(NCc2cccnc2)cc([N+](=O)[O-])c1. The molecule has 0 aliphatic rings. The third-order valence-electron chi connectivity index (χ3n) is 2.37. The zero-order valence-electron chi connectivity index (χ0n) is 9.54. The molecular formula is C12H12N4O2. The highest BCUT2D eigenvalue weighted by atomic mass is 16.6. The number of hydrogen-bond acceptors (Lipinski definition) is 5. The summed E-state index contributed by atoms with van der Waals surface area (Å²) in [6.45, 7) is 0.536. The number of anilines is 2. The van der Waals surface area contributed by atoms with Gasteiger partial charge in [0.2, 0.25) is 0 Å². The van der Waals surface area contributed by atoms with Gasteiger partial charge in [-0.05, 0) is 17.7 Å². The number of benzene rings is 1. The first-order valence-electron chi connectivity index (χ1n) is 5.33. The van der Waals surface area contributed by atoms with Crippen LogP contribution in [0.2, 0.25) is 0 Å². The molecule has 1 aromatic carbocycles. The van der Waals surface area contributed by atoms with Crippen LogP contribution in [-0.2, 0) is 6.54 Å². The number of nitro benzene ring substituents is 1. The molecule has 2 rings (SSSR count). The molecule has 0 fully saturated rings. The molecule has 0 spiro atoms. The van der Waals surface area contributed by atoms with Crippen LogP contribution in [0.25, 0.3) is 0 Å². The molecule has 6 heteroatoms. The quantitative estimate of drug-likeness (QED) is 0.488. The molecule has 1 heterocycles. The van der Waals surface area contributed by atoms with E-state index in [1.165, 1.54) is 12.1 Å². The number of nitrogens with one attached hydrogen (secondary N) is 1. The van der Waals surface area contributed by atoms with Gasteiger partial charge in [-0.15, -0.1) is 0 Å². The Morgan fingerprint density at radius 1 is 1.39 bits per heavy atom. The second kappa shape index (κ2) is 5.13. The van der Waals surface area contributed by atoms with Gasteiger partial charge < -0.3 is 11.1 Å². The van der Waals surface area contributed by atoms with Crippen molar-refractivity contribution in [2.75, 3.05) is 11.1 Å². The molecule has 0 bridgehead atoms. The zero-order chi connectivity index (χ0) is 13.0. The maximum absolute atomic E-state index is 10.7. The Morgan fingerprint density at radius 2 is 2.22 bits per heavy atom. The summed E-state index contributed by atoms with van der Waals surface area (Å²) in [5.41, 5.74) is 7.55. The summed E-state index contributed by atoms with van der Waals surface area (Å²) in [6, 6.07) is 8.19. The molecule has 0 radical (unpaired) electrons. The lowest BCUT2D eigenvalue weighted by Crippen LogP contribution is -2.01. The molecule has 1 aromatic heterocycles. The molecule has 0 amide bonds. The third kappa shape index (κ3) is 2.94. The minimum absolute atomic E-state index is 0.0244. The van der Waals surface area contributed by atoms with E-state index in [9.17, 15) is 10.1 Å². The second-order valence-electron chi connectivity index (χ2n) is 3.79. The number of nitrogen functional groups attached to an aromatic ring is 1. The number of nitrogens with zero attached hydrogens (tertiary/aromatic N) is 2. The molecule has 18 heavy (non-hydrogen) atoms. The topological polar surface area (TPSA) is 94.1 Å². The van der Waals surface area contributed by atoms with Crippen LogP contribution in [0, 0.1) is 10.1 Å². The highest BCUT2D eigenvalue weighted by molar-refractivity contribution is 5.61. The van der Waals surface area contributed by atoms with Crippen LogP contribution in [0.3, 0.4) is 0 Å². The van der Waals surface area contributed by atoms with Gasteiger partial charge >= 0.3 is 0 Å². The smallest absolute Gasteiger partial charge is 0.273 e. The monoisotopic (exact) mass is 244 g/mol. The Bertz CT molecular complexity index is 557. The molecule has 2 aromatic rings. The Labute approximate surface area is 104 Å². The van der Waals surface area contributed by atoms with E-state index in [0.717, 1.165) is 5.56 Å². The first-order valence-corrected chi connectivity index (χ1v) is 5.33. The lowest BCUT2D eigenvalue weighted by molar-refractivity contribution is -0.384. The van der Waals surface area contributed by atoms with Crippen molar-refractivity contribution in [1.29, 1.82) is 0 Å². The number of nitro groups is 1. The van der Waals surface area contributed by atoms with Gasteiger partial charge in [0.25, 0.3) is 5.69 Å². The van der Waals surface area contributed by atoms with Crippen LogP contribution in [0.15, 0.2) is 42.7 Å². The molecule has 0 saturated carbocycles. The highest BCUT2D eigenvalue weighted by Crippen LogP contribution is 2.22. The Hall–Kier alpha value is -2.63. The zero-order valence-corrected chi connectivity index (χ0v) is 9.54. The van der Waals surface area contributed by atoms with Gasteiger partial charge in [-0.2, -0.15) is 0 Å². The third-order valence-corrected chi connectivity index (χ3v) is 2.37. The summed E-state index contributed by atoms with van der Waals surface area (Å²) < 4.78 is 0. The van der Waals surface area contributed by atoms with Crippen molar-refractivity contribution in [1.82, 2.24) is 4.98 Å². The number of non-ortho nitro benzene ring substituents is 1. The van der Waals surface area contributed by atoms with Crippen molar-refractivity contribution < 1.29 is 4.92 Å². The van der Waals surface area contributed by atoms with Gasteiger partial charge in [-0.25, -0.2) is 0 Å². The van der Waals surface area contributed by atoms with E-state index in [2.05, 4.69) is 10.3 Å². The predicted molar refractivity (Wildman–Crippen MR) is 69.1 cm³/mol. The summed E-state index contributed by atoms with van der Waals surface area (Å²) in [6.07, 6.45) is 3.42. The molecule has 0 aliphatic carbocycles. The average molecular weight is 244 g/mol. The molecule has 0 aliphatic heterocycles. The normalized spacial score (nSPS) is 10.0. The molecule has 0 atom stereocenters. The Balaban J connectivity index is 2.12. The van der Waals surface area contributed by atoms with Crippen LogP contribution < -0.4 is 11.1 Å². The second-order valence-corrected chi connectivity index (χ2v) is 3.79. The van der Waals surface area contributed by atoms with Crippen molar-refractivity contribution in [2.24, 2.45) is 0 Å². The summed E-state index contributed by atoms with van der Waals surface area (Å²) in [4.78, 5) is 14.2. The Kier molecular flexibility index (Phi) is 3.38. The average Bonchev–Trinajstić information content (AvgIpc) is 2.37.